The summed E-state index contributed by atoms with van der Waals surface area (Å²) in [5.41, 5.74) is 3.28. The monoisotopic (exact) mass is 727 g/mol. The predicted octanol–water partition coefficient (Wildman–Crippen LogP) is 10.3. The fraction of sp³-hybridized carbons (Fsp3) is 0.682. The van der Waals surface area contributed by atoms with E-state index < -0.39 is 12.0 Å². The van der Waals surface area contributed by atoms with E-state index in [0.717, 1.165) is 63.2 Å². The Labute approximate surface area is 316 Å². The SMILES string of the molecule is CCCCCCCN(CCCCCCC)C1=CC(=[OH+])C(=C2C(=[OH+])C(c3ccc(N(CCCCCCC)CCCCCCC)cc3O)C2O)C=C1.[OH-].[OH-]. The second kappa shape index (κ2) is 26.8. The molecule has 0 aromatic heterocycles. The van der Waals surface area contributed by atoms with Crippen molar-refractivity contribution < 1.29 is 30.8 Å². The number of unbranched alkanes of at least 4 members (excludes halogenated alkanes) is 16. The second-order valence-corrected chi connectivity index (χ2v) is 14.8. The van der Waals surface area contributed by atoms with Crippen LogP contribution in [0.15, 0.2) is 53.3 Å². The summed E-state index contributed by atoms with van der Waals surface area (Å²) in [5, 5.41) is 22.6. The van der Waals surface area contributed by atoms with E-state index in [1.54, 1.807) is 12.1 Å². The van der Waals surface area contributed by atoms with E-state index in [0.29, 0.717) is 16.7 Å². The van der Waals surface area contributed by atoms with Gasteiger partial charge in [0.1, 0.15) is 17.8 Å². The summed E-state index contributed by atoms with van der Waals surface area (Å²) in [7, 11) is 0. The summed E-state index contributed by atoms with van der Waals surface area (Å²) < 4.78 is 0. The van der Waals surface area contributed by atoms with Crippen molar-refractivity contribution in [1.29, 1.82) is 0 Å². The number of hydrogen-bond donors (Lipinski definition) is 2. The third-order valence-corrected chi connectivity index (χ3v) is 10.7. The molecule has 8 nitrogen and oxygen atoms in total. The molecule has 0 aliphatic heterocycles. The van der Waals surface area contributed by atoms with Crippen molar-refractivity contribution in [3.05, 3.63) is 58.8 Å². The molecule has 0 radical (unpaired) electrons. The quantitative estimate of drug-likeness (QED) is 0.0523. The number of benzene rings is 1. The highest BCUT2D eigenvalue weighted by Crippen LogP contribution is 2.44. The van der Waals surface area contributed by atoms with Crippen LogP contribution in [0.25, 0.3) is 0 Å². The predicted molar refractivity (Wildman–Crippen MR) is 218 cm³/mol. The standard InChI is InChI=1S/C44H70N2O4.2H2O/c1-5-9-13-17-21-29-45(30-22-18-14-10-6-2)35-25-27-37(39(47)33-35)41-43(49)42(44(41)50)38-28-26-36(34-40(38)48)46(31-23-19-15-11-7-3)32-24-20-16-12-8-4;;/h25-28,33-34,41,43,47,49H,5-24,29-32H2,1-4H3;2*1H2. The number of aliphatic hydroxyl groups is 1. The molecule has 1 aromatic carbocycles. The Morgan fingerprint density at radius 1 is 0.596 bits per heavy atom. The van der Waals surface area contributed by atoms with Gasteiger partial charge in [-0.1, -0.05) is 136 Å². The zero-order valence-electron chi connectivity index (χ0n) is 33.2. The zero-order chi connectivity index (χ0) is 36.1. The molecule has 0 spiro atoms. The van der Waals surface area contributed by atoms with Gasteiger partial charge in [-0.05, 0) is 43.9 Å². The summed E-state index contributed by atoms with van der Waals surface area (Å²) in [6.45, 7) is 12.8. The Balaban J connectivity index is 0.00000676. The zero-order valence-corrected chi connectivity index (χ0v) is 33.2. The lowest BCUT2D eigenvalue weighted by atomic mass is 9.68. The smallest absolute Gasteiger partial charge is 0.349 e. The number of aliphatic hydroxyl groups excluding tert-OH is 1. The minimum Gasteiger partial charge on any atom is -0.870 e. The first-order valence-electron chi connectivity index (χ1n) is 20.6. The molecule has 1 fully saturated rings. The maximum Gasteiger partial charge on any atom is 0.349 e. The molecule has 2 aliphatic rings. The summed E-state index contributed by atoms with van der Waals surface area (Å²) in [5.74, 6) is -0.558. The average Bonchev–Trinajstić information content (AvgIpc) is 3.11. The third kappa shape index (κ3) is 14.5. The molecular weight excluding hydrogens is 652 g/mol. The fourth-order valence-corrected chi connectivity index (χ4v) is 7.45. The maximum absolute atomic E-state index is 11.3. The number of aromatic hydroxyl groups is 1. The molecule has 6 N–H and O–H groups in total. The van der Waals surface area contributed by atoms with Crippen molar-refractivity contribution >= 4 is 17.3 Å². The van der Waals surface area contributed by atoms with Crippen LogP contribution < -0.4 is 4.90 Å². The molecule has 0 amide bonds. The number of carbonyl (C=O) groups excluding carboxylic acids is 2. The van der Waals surface area contributed by atoms with Gasteiger partial charge in [-0.3, -0.25) is 9.59 Å². The van der Waals surface area contributed by atoms with Crippen molar-refractivity contribution in [2.24, 2.45) is 0 Å². The second-order valence-electron chi connectivity index (χ2n) is 14.8. The number of rotatable bonds is 27. The maximum atomic E-state index is 11.3. The third-order valence-electron chi connectivity index (χ3n) is 10.7. The molecule has 1 saturated carbocycles. The normalized spacial score (nSPS) is 18.1. The lowest BCUT2D eigenvalue weighted by molar-refractivity contribution is 0.178. The van der Waals surface area contributed by atoms with Crippen molar-refractivity contribution in [1.82, 2.24) is 4.90 Å². The molecule has 2 unspecified atom stereocenters. The van der Waals surface area contributed by atoms with Crippen molar-refractivity contribution in [3.8, 4) is 5.75 Å². The van der Waals surface area contributed by atoms with Crippen LogP contribution in [0.3, 0.4) is 0 Å². The van der Waals surface area contributed by atoms with Crippen LogP contribution in [0, 0.1) is 0 Å². The minimum atomic E-state index is -1.02. The summed E-state index contributed by atoms with van der Waals surface area (Å²) in [6.07, 6.45) is 29.0. The Hall–Kier alpha value is -2.94. The van der Waals surface area contributed by atoms with Gasteiger partial charge in [0.2, 0.25) is 0 Å². The molecule has 0 heterocycles. The number of hydrogen-bond acceptors (Lipinski definition) is 6. The highest BCUT2D eigenvalue weighted by Gasteiger charge is 2.54. The van der Waals surface area contributed by atoms with Crippen molar-refractivity contribution in [2.75, 3.05) is 31.1 Å². The number of nitrogens with zero attached hydrogens (tertiary/aromatic N) is 2. The Kier molecular flexibility index (Phi) is 24.2. The number of ketones is 2. The molecule has 0 bridgehead atoms. The van der Waals surface area contributed by atoms with E-state index in [-0.39, 0.29) is 28.3 Å². The van der Waals surface area contributed by atoms with E-state index >= 15 is 0 Å². The van der Waals surface area contributed by atoms with Crippen LogP contribution in [0.4, 0.5) is 5.69 Å². The van der Waals surface area contributed by atoms with E-state index in [1.807, 2.05) is 24.3 Å². The van der Waals surface area contributed by atoms with Crippen LogP contribution in [0.5, 0.6) is 5.75 Å². The Bertz CT molecular complexity index is 1240. The summed E-state index contributed by atoms with van der Waals surface area (Å²) in [6, 6.07) is 5.68. The Morgan fingerprint density at radius 2 is 1.04 bits per heavy atom. The largest absolute Gasteiger partial charge is 0.870 e. The number of phenols is 1. The lowest BCUT2D eigenvalue weighted by Crippen LogP contribution is -2.45. The molecule has 0 saturated heterocycles. The van der Waals surface area contributed by atoms with Gasteiger partial charge >= 0.3 is 11.6 Å². The fourth-order valence-electron chi connectivity index (χ4n) is 7.45. The Morgan fingerprint density at radius 3 is 1.44 bits per heavy atom. The first kappa shape index (κ1) is 47.1. The molecule has 2 atom stereocenters. The van der Waals surface area contributed by atoms with Gasteiger partial charge in [0.15, 0.2) is 0 Å². The van der Waals surface area contributed by atoms with Gasteiger partial charge in [0.25, 0.3) is 0 Å². The van der Waals surface area contributed by atoms with Gasteiger partial charge < -0.3 is 31.0 Å². The van der Waals surface area contributed by atoms with Crippen LogP contribution in [-0.4, -0.2) is 79.5 Å². The van der Waals surface area contributed by atoms with Crippen molar-refractivity contribution in [3.63, 3.8) is 0 Å². The van der Waals surface area contributed by atoms with Crippen LogP contribution >= 0.6 is 0 Å². The van der Waals surface area contributed by atoms with Crippen LogP contribution in [0.1, 0.15) is 168 Å². The lowest BCUT2D eigenvalue weighted by Gasteiger charge is -2.32. The first-order chi connectivity index (χ1) is 24.4. The molecule has 8 heteroatoms. The molecule has 2 aliphatic carbocycles. The molecule has 3 rings (SSSR count). The molecule has 296 valence electrons. The van der Waals surface area contributed by atoms with Crippen LogP contribution in [-0.2, 0) is 0 Å². The van der Waals surface area contributed by atoms with E-state index in [2.05, 4.69) is 37.5 Å². The van der Waals surface area contributed by atoms with Gasteiger partial charge in [-0.25, -0.2) is 0 Å². The van der Waals surface area contributed by atoms with E-state index in [4.69, 9.17) is 0 Å². The molecular formula is C44H74N2O6. The highest BCUT2D eigenvalue weighted by molar-refractivity contribution is 6.20. The van der Waals surface area contributed by atoms with Crippen LogP contribution in [0.2, 0.25) is 0 Å². The topological polar surface area (TPSA) is 150 Å². The number of phenolic OH excluding ortho intramolecular Hbond substituents is 1. The average molecular weight is 727 g/mol. The van der Waals surface area contributed by atoms with Gasteiger partial charge in [0, 0.05) is 49.2 Å². The number of allylic oxidation sites excluding steroid dienone is 4. The van der Waals surface area contributed by atoms with Gasteiger partial charge in [-0.15, -0.1) is 0 Å². The van der Waals surface area contributed by atoms with E-state index in [1.165, 1.54) is 103 Å². The first-order valence-corrected chi connectivity index (χ1v) is 20.6. The number of anilines is 1. The summed E-state index contributed by atoms with van der Waals surface area (Å²) in [4.78, 5) is 27.2. The van der Waals surface area contributed by atoms with Gasteiger partial charge in [0.05, 0.1) is 17.2 Å². The van der Waals surface area contributed by atoms with Gasteiger partial charge in [-0.2, -0.15) is 0 Å². The molecule has 52 heavy (non-hydrogen) atoms. The van der Waals surface area contributed by atoms with E-state index in [9.17, 15) is 19.8 Å². The minimum absolute atomic E-state index is 0. The van der Waals surface area contributed by atoms with Crippen molar-refractivity contribution in [2.45, 2.75) is 168 Å². The molecule has 1 aromatic rings. The highest BCUT2D eigenvalue weighted by atomic mass is 16.3. The summed E-state index contributed by atoms with van der Waals surface area (Å²) >= 11 is 0.